The minimum atomic E-state index is -0.458. The van der Waals surface area contributed by atoms with Crippen molar-refractivity contribution in [2.75, 3.05) is 4.90 Å². The monoisotopic (exact) mass is 954 g/mol. The van der Waals surface area contributed by atoms with Gasteiger partial charge in [0.15, 0.2) is 0 Å². The van der Waals surface area contributed by atoms with Crippen molar-refractivity contribution < 1.29 is 0 Å². The normalized spacial score (nSPS) is 12.4. The fraction of sp³-hybridized carbons (Fsp3) is 0.0137. The fourth-order valence-electron chi connectivity index (χ4n) is 12.2. The third-order valence-corrected chi connectivity index (χ3v) is 15.5. The molecule has 0 unspecified atom stereocenters. The maximum Gasteiger partial charge on any atom is 0.0713 e. The van der Waals surface area contributed by atoms with Gasteiger partial charge in [0.1, 0.15) is 0 Å². The molecule has 352 valence electrons. The van der Waals surface area contributed by atoms with E-state index in [4.69, 9.17) is 0 Å². The lowest BCUT2D eigenvalue weighted by Gasteiger charge is -2.33. The number of hydrogen-bond acceptors (Lipinski definition) is 1. The van der Waals surface area contributed by atoms with E-state index in [2.05, 4.69) is 313 Å². The lowest BCUT2D eigenvalue weighted by Crippen LogP contribution is -2.28. The molecule has 0 aliphatic heterocycles. The topological polar surface area (TPSA) is 8.17 Å². The molecule has 0 saturated carbocycles. The Labute approximate surface area is 438 Å². The Balaban J connectivity index is 0.877. The number of hydrogen-bond donors (Lipinski definition) is 0. The largest absolute Gasteiger partial charge is 0.310 e. The summed E-state index contributed by atoms with van der Waals surface area (Å²) >= 11 is 0. The molecule has 12 aromatic carbocycles. The summed E-state index contributed by atoms with van der Waals surface area (Å²) in [5.41, 5.74) is 23.5. The molecule has 0 bridgehead atoms. The Morgan fingerprint density at radius 1 is 0.253 bits per heavy atom. The van der Waals surface area contributed by atoms with E-state index >= 15 is 0 Å². The zero-order chi connectivity index (χ0) is 49.7. The number of fused-ring (bicyclic) bond motifs is 6. The van der Waals surface area contributed by atoms with Crippen molar-refractivity contribution in [1.82, 2.24) is 4.57 Å². The van der Waals surface area contributed by atoms with E-state index in [9.17, 15) is 0 Å². The van der Waals surface area contributed by atoms with Crippen LogP contribution in [0.2, 0.25) is 0 Å². The van der Waals surface area contributed by atoms with E-state index in [1.807, 2.05) is 0 Å². The first kappa shape index (κ1) is 44.0. The van der Waals surface area contributed by atoms with E-state index in [-0.39, 0.29) is 0 Å². The zero-order valence-electron chi connectivity index (χ0n) is 41.3. The molecular weight excluding hydrogens is 905 g/mol. The van der Waals surface area contributed by atoms with Crippen LogP contribution in [0.1, 0.15) is 22.3 Å². The van der Waals surface area contributed by atoms with Gasteiger partial charge in [-0.05, 0) is 139 Å². The van der Waals surface area contributed by atoms with Crippen LogP contribution in [0.3, 0.4) is 0 Å². The quantitative estimate of drug-likeness (QED) is 0.133. The standard InChI is InChI=1S/C73H50N2/c1-5-22-51(23-6-1)61-32-13-14-33-62(61)52-40-43-58(44-41-52)74(57-29-11-4-12-30-57)59-31-21-24-53(48-59)63-34-15-16-35-64(63)54-42-46-67-66-37-18-20-39-71(66)75(72(67)49-54)60-45-47-70-68(50-60)65-36-17-19-38-69(65)73(70,55-25-7-2-8-26-55)56-27-9-3-10-28-56/h1-50H. The zero-order valence-corrected chi connectivity index (χ0v) is 41.3. The summed E-state index contributed by atoms with van der Waals surface area (Å²) in [6.07, 6.45) is 0. The first-order chi connectivity index (χ1) is 37.2. The van der Waals surface area contributed by atoms with Gasteiger partial charge in [-0.1, -0.05) is 243 Å². The van der Waals surface area contributed by atoms with Crippen LogP contribution in [0, 0.1) is 0 Å². The molecular formula is C73H50N2. The van der Waals surface area contributed by atoms with Crippen molar-refractivity contribution in [2.45, 2.75) is 5.41 Å². The first-order valence-corrected chi connectivity index (χ1v) is 25.9. The van der Waals surface area contributed by atoms with Gasteiger partial charge < -0.3 is 9.47 Å². The average molecular weight is 955 g/mol. The van der Waals surface area contributed by atoms with Crippen LogP contribution in [0.4, 0.5) is 17.1 Å². The van der Waals surface area contributed by atoms with Gasteiger partial charge in [-0.3, -0.25) is 0 Å². The van der Waals surface area contributed by atoms with Crippen LogP contribution in [0.5, 0.6) is 0 Å². The predicted molar refractivity (Wildman–Crippen MR) is 315 cm³/mol. The average Bonchev–Trinajstić information content (AvgIpc) is 4.05. The highest BCUT2D eigenvalue weighted by atomic mass is 15.1. The van der Waals surface area contributed by atoms with Crippen LogP contribution < -0.4 is 4.90 Å². The van der Waals surface area contributed by atoms with Gasteiger partial charge >= 0.3 is 0 Å². The summed E-state index contributed by atoms with van der Waals surface area (Å²) in [7, 11) is 0. The molecule has 1 aliphatic carbocycles. The summed E-state index contributed by atoms with van der Waals surface area (Å²) in [6, 6.07) is 111. The van der Waals surface area contributed by atoms with E-state index in [1.54, 1.807) is 0 Å². The maximum atomic E-state index is 2.48. The van der Waals surface area contributed by atoms with E-state index < -0.39 is 5.41 Å². The highest BCUT2D eigenvalue weighted by molar-refractivity contribution is 6.11. The molecule has 1 aliphatic rings. The maximum absolute atomic E-state index is 2.48. The summed E-state index contributed by atoms with van der Waals surface area (Å²) in [6.45, 7) is 0. The lowest BCUT2D eigenvalue weighted by atomic mass is 9.68. The highest BCUT2D eigenvalue weighted by Crippen LogP contribution is 2.56. The minimum absolute atomic E-state index is 0.458. The molecule has 75 heavy (non-hydrogen) atoms. The number of aromatic nitrogens is 1. The van der Waals surface area contributed by atoms with Crippen LogP contribution in [-0.2, 0) is 5.41 Å². The number of rotatable bonds is 10. The molecule has 0 fully saturated rings. The number of nitrogens with zero attached hydrogens (tertiary/aromatic N) is 2. The number of benzene rings is 12. The fourth-order valence-corrected chi connectivity index (χ4v) is 12.2. The third kappa shape index (κ3) is 7.33. The molecule has 1 heterocycles. The molecule has 0 amide bonds. The Kier molecular flexibility index (Phi) is 10.8. The van der Waals surface area contributed by atoms with Crippen molar-refractivity contribution in [3.8, 4) is 61.3 Å². The smallest absolute Gasteiger partial charge is 0.0713 e. The van der Waals surface area contributed by atoms with Gasteiger partial charge in [0, 0.05) is 33.5 Å². The summed E-state index contributed by atoms with van der Waals surface area (Å²) in [4.78, 5) is 2.36. The Bertz CT molecular complexity index is 4170. The van der Waals surface area contributed by atoms with Gasteiger partial charge in [0.2, 0.25) is 0 Å². The molecule has 14 rings (SSSR count). The minimum Gasteiger partial charge on any atom is -0.310 e. The molecule has 0 spiro atoms. The summed E-state index contributed by atoms with van der Waals surface area (Å²) in [5, 5.41) is 2.46. The van der Waals surface area contributed by atoms with Crippen LogP contribution in [0.15, 0.2) is 303 Å². The summed E-state index contributed by atoms with van der Waals surface area (Å²) < 4.78 is 2.48. The molecule has 0 N–H and O–H groups in total. The van der Waals surface area contributed by atoms with Crippen LogP contribution in [-0.4, -0.2) is 4.57 Å². The van der Waals surface area contributed by atoms with Crippen molar-refractivity contribution in [1.29, 1.82) is 0 Å². The molecule has 0 radical (unpaired) electrons. The number of para-hydroxylation sites is 2. The van der Waals surface area contributed by atoms with Crippen LogP contribution in [0.25, 0.3) is 83.1 Å². The molecule has 2 heteroatoms. The molecule has 2 nitrogen and oxygen atoms in total. The van der Waals surface area contributed by atoms with Gasteiger partial charge in [-0.25, -0.2) is 0 Å². The Morgan fingerprint density at radius 2 is 0.707 bits per heavy atom. The number of anilines is 3. The Morgan fingerprint density at radius 3 is 1.37 bits per heavy atom. The second kappa shape index (κ2) is 18.4. The highest BCUT2D eigenvalue weighted by Gasteiger charge is 2.46. The van der Waals surface area contributed by atoms with Crippen molar-refractivity contribution in [3.63, 3.8) is 0 Å². The third-order valence-electron chi connectivity index (χ3n) is 15.5. The molecule has 0 atom stereocenters. The van der Waals surface area contributed by atoms with Gasteiger partial charge in [0.05, 0.1) is 16.4 Å². The molecule has 1 aromatic heterocycles. The van der Waals surface area contributed by atoms with Crippen molar-refractivity contribution in [3.05, 3.63) is 326 Å². The SMILES string of the molecule is c1ccc(-c2ccccc2-c2ccc(N(c3ccccc3)c3cccc(-c4ccccc4-c4ccc5c6ccccc6n(-c6ccc7c(c6)-c6ccccc6C7(c6ccccc6)c6ccccc6)c5c4)c3)cc2)cc1. The first-order valence-electron chi connectivity index (χ1n) is 25.9. The van der Waals surface area contributed by atoms with Crippen molar-refractivity contribution >= 4 is 38.9 Å². The van der Waals surface area contributed by atoms with Crippen LogP contribution >= 0.6 is 0 Å². The van der Waals surface area contributed by atoms with Gasteiger partial charge in [-0.2, -0.15) is 0 Å². The van der Waals surface area contributed by atoms with Gasteiger partial charge in [0.25, 0.3) is 0 Å². The van der Waals surface area contributed by atoms with E-state index in [0.717, 1.165) is 33.9 Å². The second-order valence-corrected chi connectivity index (χ2v) is 19.6. The second-order valence-electron chi connectivity index (χ2n) is 19.6. The van der Waals surface area contributed by atoms with E-state index in [0.29, 0.717) is 0 Å². The van der Waals surface area contributed by atoms with Crippen molar-refractivity contribution in [2.24, 2.45) is 0 Å². The van der Waals surface area contributed by atoms with E-state index in [1.165, 1.54) is 88.6 Å². The lowest BCUT2D eigenvalue weighted by molar-refractivity contribution is 0.768. The summed E-state index contributed by atoms with van der Waals surface area (Å²) in [5.74, 6) is 0. The Hall–Kier alpha value is -9.76. The van der Waals surface area contributed by atoms with Gasteiger partial charge in [-0.15, -0.1) is 0 Å². The predicted octanol–water partition coefficient (Wildman–Crippen LogP) is 19.3. The molecule has 0 saturated heterocycles. The molecule has 13 aromatic rings.